The third kappa shape index (κ3) is 4.06. The molecular weight excluding hydrogens is 422 g/mol. The Balaban J connectivity index is 1.40. The molecule has 3 heterocycles. The van der Waals surface area contributed by atoms with Crippen molar-refractivity contribution in [2.45, 2.75) is 32.2 Å². The van der Waals surface area contributed by atoms with Crippen molar-refractivity contribution >= 4 is 23.8 Å². The molecule has 0 saturated carbocycles. The third-order valence-corrected chi connectivity index (χ3v) is 6.03. The third-order valence-electron chi connectivity index (χ3n) is 5.78. The fourth-order valence-corrected chi connectivity index (χ4v) is 4.31. The minimum Gasteiger partial charge on any atom is -0.495 e. The van der Waals surface area contributed by atoms with Gasteiger partial charge in [-0.05, 0) is 61.2 Å². The second kappa shape index (κ2) is 8.63. The summed E-state index contributed by atoms with van der Waals surface area (Å²) in [6.45, 7) is 2.86. The average molecular weight is 446 g/mol. The Morgan fingerprint density at radius 1 is 1.12 bits per heavy atom. The number of imidazole rings is 1. The summed E-state index contributed by atoms with van der Waals surface area (Å²) in [6.07, 6.45) is 9.89. The molecule has 0 saturated heterocycles. The zero-order valence-electron chi connectivity index (χ0n) is 18.1. The molecule has 0 radical (unpaired) electrons. The number of benzene rings is 2. The van der Waals surface area contributed by atoms with Gasteiger partial charge in [0.1, 0.15) is 11.6 Å². The molecule has 0 spiro atoms. The largest absolute Gasteiger partial charge is 0.495 e. The first-order chi connectivity index (χ1) is 15.6. The number of hydrogen-bond donors (Lipinski definition) is 0. The molecule has 1 atom stereocenters. The monoisotopic (exact) mass is 445 g/mol. The van der Waals surface area contributed by atoms with Crippen LogP contribution in [0.1, 0.15) is 47.2 Å². The molecule has 0 amide bonds. The van der Waals surface area contributed by atoms with E-state index in [4.69, 9.17) is 26.4 Å². The summed E-state index contributed by atoms with van der Waals surface area (Å²) in [5.41, 5.74) is 4.16. The SMILES string of the molecule is COc1cc(/C=C/c2nc3n(n2)CCC[C@@H]3c2ccc(Cl)cc2)ccc1-n1cnc(C)c1. The fourth-order valence-electron chi connectivity index (χ4n) is 4.19. The van der Waals surface area contributed by atoms with Crippen LogP contribution in [0.4, 0.5) is 0 Å². The number of nitrogens with zero attached hydrogens (tertiary/aromatic N) is 5. The van der Waals surface area contributed by atoms with Gasteiger partial charge < -0.3 is 9.30 Å². The Bertz CT molecular complexity index is 1270. The number of hydrogen-bond acceptors (Lipinski definition) is 4. The summed E-state index contributed by atoms with van der Waals surface area (Å²) in [5.74, 6) is 2.76. The standard InChI is InChI=1S/C25H24ClN5O/c1-17-15-30(16-27-17)22-11-5-18(14-23(22)32-2)6-12-24-28-25-21(4-3-13-31(25)29-24)19-7-9-20(26)10-8-19/h5-12,14-16,21H,3-4,13H2,1-2H3/b12-6+/t21-/m1/s1. The van der Waals surface area contributed by atoms with E-state index in [0.717, 1.165) is 52.9 Å². The Morgan fingerprint density at radius 3 is 2.72 bits per heavy atom. The molecule has 32 heavy (non-hydrogen) atoms. The fraction of sp³-hybridized carbons (Fsp3) is 0.240. The summed E-state index contributed by atoms with van der Waals surface area (Å²) in [5, 5.41) is 5.47. The van der Waals surface area contributed by atoms with E-state index in [9.17, 15) is 0 Å². The molecule has 0 N–H and O–H groups in total. The lowest BCUT2D eigenvalue weighted by Crippen LogP contribution is -2.17. The highest BCUT2D eigenvalue weighted by atomic mass is 35.5. The van der Waals surface area contributed by atoms with Crippen LogP contribution in [-0.4, -0.2) is 31.4 Å². The predicted octanol–water partition coefficient (Wildman–Crippen LogP) is 5.53. The van der Waals surface area contributed by atoms with Gasteiger partial charge >= 0.3 is 0 Å². The van der Waals surface area contributed by atoms with Gasteiger partial charge in [0.15, 0.2) is 5.82 Å². The van der Waals surface area contributed by atoms with Crippen molar-refractivity contribution < 1.29 is 4.74 Å². The molecule has 2 aromatic heterocycles. The van der Waals surface area contributed by atoms with E-state index < -0.39 is 0 Å². The second-order valence-electron chi connectivity index (χ2n) is 7.98. The van der Waals surface area contributed by atoms with E-state index in [-0.39, 0.29) is 5.92 Å². The van der Waals surface area contributed by atoms with Crippen LogP contribution in [0.5, 0.6) is 5.75 Å². The van der Waals surface area contributed by atoms with Crippen LogP contribution in [-0.2, 0) is 6.54 Å². The summed E-state index contributed by atoms with van der Waals surface area (Å²) in [7, 11) is 1.68. The molecule has 1 aliphatic rings. The smallest absolute Gasteiger partial charge is 0.174 e. The molecule has 1 aliphatic heterocycles. The van der Waals surface area contributed by atoms with Gasteiger partial charge in [0.25, 0.3) is 0 Å². The first-order valence-corrected chi connectivity index (χ1v) is 11.1. The Morgan fingerprint density at radius 2 is 1.97 bits per heavy atom. The predicted molar refractivity (Wildman–Crippen MR) is 126 cm³/mol. The van der Waals surface area contributed by atoms with Crippen LogP contribution in [0.3, 0.4) is 0 Å². The van der Waals surface area contributed by atoms with E-state index in [1.807, 2.05) is 58.8 Å². The zero-order valence-corrected chi connectivity index (χ0v) is 18.8. The number of methoxy groups -OCH3 is 1. The number of fused-ring (bicyclic) bond motifs is 1. The van der Waals surface area contributed by atoms with Gasteiger partial charge in [-0.2, -0.15) is 5.10 Å². The van der Waals surface area contributed by atoms with Gasteiger partial charge in [0.05, 0.1) is 24.8 Å². The van der Waals surface area contributed by atoms with Gasteiger partial charge in [-0.3, -0.25) is 0 Å². The van der Waals surface area contributed by atoms with Crippen LogP contribution < -0.4 is 4.74 Å². The van der Waals surface area contributed by atoms with Gasteiger partial charge in [-0.1, -0.05) is 35.9 Å². The van der Waals surface area contributed by atoms with Crippen LogP contribution >= 0.6 is 11.6 Å². The summed E-state index contributed by atoms with van der Waals surface area (Å²) >= 11 is 6.07. The first kappa shape index (κ1) is 20.5. The van der Waals surface area contributed by atoms with Crippen LogP contribution in [0.25, 0.3) is 17.8 Å². The molecule has 4 aromatic rings. The van der Waals surface area contributed by atoms with Crippen LogP contribution in [0, 0.1) is 6.92 Å². The molecule has 2 aromatic carbocycles. The molecule has 0 bridgehead atoms. The highest BCUT2D eigenvalue weighted by molar-refractivity contribution is 6.30. The van der Waals surface area contributed by atoms with Crippen molar-refractivity contribution in [3.05, 3.63) is 88.5 Å². The number of rotatable bonds is 5. The molecule has 0 unspecified atom stereocenters. The van der Waals surface area contributed by atoms with E-state index in [0.29, 0.717) is 5.82 Å². The first-order valence-electron chi connectivity index (χ1n) is 10.7. The summed E-state index contributed by atoms with van der Waals surface area (Å²) in [4.78, 5) is 9.14. The Labute approximate surface area is 192 Å². The van der Waals surface area contributed by atoms with Crippen LogP contribution in [0.15, 0.2) is 55.0 Å². The molecule has 162 valence electrons. The number of aromatic nitrogens is 5. The molecule has 5 rings (SSSR count). The number of ether oxygens (including phenoxy) is 1. The van der Waals surface area contributed by atoms with Gasteiger partial charge in [0.2, 0.25) is 0 Å². The Kier molecular flexibility index (Phi) is 5.53. The van der Waals surface area contributed by atoms with E-state index >= 15 is 0 Å². The van der Waals surface area contributed by atoms with E-state index in [2.05, 4.69) is 23.2 Å². The average Bonchev–Trinajstić information content (AvgIpc) is 3.43. The highest BCUT2D eigenvalue weighted by Gasteiger charge is 2.25. The van der Waals surface area contributed by atoms with E-state index in [1.165, 1.54) is 5.56 Å². The maximum absolute atomic E-state index is 6.07. The van der Waals surface area contributed by atoms with Crippen molar-refractivity contribution in [3.63, 3.8) is 0 Å². The quantitative estimate of drug-likeness (QED) is 0.405. The summed E-state index contributed by atoms with van der Waals surface area (Å²) < 4.78 is 9.61. The van der Waals surface area contributed by atoms with Crippen LogP contribution in [0.2, 0.25) is 5.02 Å². The van der Waals surface area contributed by atoms with Crippen molar-refractivity contribution in [1.82, 2.24) is 24.3 Å². The van der Waals surface area contributed by atoms with Gasteiger partial charge in [-0.25, -0.2) is 14.6 Å². The topological polar surface area (TPSA) is 57.8 Å². The zero-order chi connectivity index (χ0) is 22.1. The molecule has 7 heteroatoms. The number of halogens is 1. The lowest BCUT2D eigenvalue weighted by atomic mass is 9.91. The maximum Gasteiger partial charge on any atom is 0.174 e. The van der Waals surface area contributed by atoms with Gasteiger partial charge in [0, 0.05) is 23.7 Å². The maximum atomic E-state index is 6.07. The Hall–Kier alpha value is -3.38. The van der Waals surface area contributed by atoms with Crippen molar-refractivity contribution in [3.8, 4) is 11.4 Å². The normalized spacial score (nSPS) is 15.8. The minimum absolute atomic E-state index is 0.244. The second-order valence-corrected chi connectivity index (χ2v) is 8.42. The lowest BCUT2D eigenvalue weighted by Gasteiger charge is -2.22. The van der Waals surface area contributed by atoms with E-state index in [1.54, 1.807) is 13.4 Å². The lowest BCUT2D eigenvalue weighted by molar-refractivity contribution is 0.413. The molecule has 0 fully saturated rings. The van der Waals surface area contributed by atoms with Gasteiger partial charge in [-0.15, -0.1) is 0 Å². The molecule has 6 nitrogen and oxygen atoms in total. The van der Waals surface area contributed by atoms with Crippen molar-refractivity contribution in [2.24, 2.45) is 0 Å². The van der Waals surface area contributed by atoms with Crippen molar-refractivity contribution in [1.29, 1.82) is 0 Å². The highest BCUT2D eigenvalue weighted by Crippen LogP contribution is 2.33. The number of aryl methyl sites for hydroxylation is 2. The van der Waals surface area contributed by atoms with Crippen molar-refractivity contribution in [2.75, 3.05) is 7.11 Å². The molecule has 0 aliphatic carbocycles. The minimum atomic E-state index is 0.244. The molecular formula is C25H24ClN5O. The summed E-state index contributed by atoms with van der Waals surface area (Å²) in [6, 6.07) is 14.1.